The highest BCUT2D eigenvalue weighted by Gasteiger charge is 2.20. The number of ether oxygens (including phenoxy) is 1. The number of aromatic nitrogens is 3. The predicted octanol–water partition coefficient (Wildman–Crippen LogP) is 2.11. The summed E-state index contributed by atoms with van der Waals surface area (Å²) in [5.74, 6) is 0.495. The summed E-state index contributed by atoms with van der Waals surface area (Å²) < 4.78 is 5.45. The van der Waals surface area contributed by atoms with Crippen molar-refractivity contribution < 1.29 is 4.74 Å². The number of H-pyrrole nitrogens is 2. The lowest BCUT2D eigenvalue weighted by molar-refractivity contribution is 0.0331. The van der Waals surface area contributed by atoms with Crippen LogP contribution in [0.5, 0.6) is 0 Å². The molecule has 0 amide bonds. The van der Waals surface area contributed by atoms with Crippen molar-refractivity contribution in [3.05, 3.63) is 52.8 Å². The molecule has 2 aliphatic rings. The van der Waals surface area contributed by atoms with Gasteiger partial charge in [0, 0.05) is 63.4 Å². The Bertz CT molecular complexity index is 1400. The van der Waals surface area contributed by atoms with Gasteiger partial charge in [0.2, 0.25) is 0 Å². The molecule has 35 heavy (non-hydrogen) atoms. The number of benzene rings is 2. The second-order valence-electron chi connectivity index (χ2n) is 9.36. The van der Waals surface area contributed by atoms with E-state index in [1.54, 1.807) is 0 Å². The Labute approximate surface area is 203 Å². The summed E-state index contributed by atoms with van der Waals surface area (Å²) >= 11 is 0. The molecular weight excluding hydrogens is 442 g/mol. The molecule has 4 aromatic rings. The normalized spacial score (nSPS) is 18.0. The van der Waals surface area contributed by atoms with E-state index in [-0.39, 0.29) is 5.56 Å². The summed E-state index contributed by atoms with van der Waals surface area (Å²) in [6, 6.07) is 13.8. The third kappa shape index (κ3) is 4.38. The van der Waals surface area contributed by atoms with Crippen molar-refractivity contribution in [1.82, 2.24) is 24.8 Å². The van der Waals surface area contributed by atoms with E-state index in [0.717, 1.165) is 87.5 Å². The summed E-state index contributed by atoms with van der Waals surface area (Å²) in [5.41, 5.74) is 10.6. The fourth-order valence-corrected chi connectivity index (χ4v) is 5.15. The van der Waals surface area contributed by atoms with E-state index < -0.39 is 0 Å². The van der Waals surface area contributed by atoms with Crippen molar-refractivity contribution in [2.45, 2.75) is 0 Å². The van der Waals surface area contributed by atoms with Crippen LogP contribution in [0.2, 0.25) is 0 Å². The minimum Gasteiger partial charge on any atom is -0.397 e. The molecule has 0 aliphatic carbocycles. The first-order valence-electron chi connectivity index (χ1n) is 12.3. The van der Waals surface area contributed by atoms with E-state index in [0.29, 0.717) is 17.1 Å². The first kappa shape index (κ1) is 22.1. The Morgan fingerprint density at radius 1 is 0.886 bits per heavy atom. The lowest BCUT2D eigenvalue weighted by Gasteiger charge is -2.37. The molecule has 2 aromatic carbocycles. The second-order valence-corrected chi connectivity index (χ2v) is 9.36. The van der Waals surface area contributed by atoms with Gasteiger partial charge in [-0.3, -0.25) is 14.6 Å². The van der Waals surface area contributed by atoms with Gasteiger partial charge in [-0.1, -0.05) is 18.2 Å². The van der Waals surface area contributed by atoms with E-state index in [1.165, 1.54) is 5.69 Å². The lowest BCUT2D eigenvalue weighted by atomic mass is 10.1. The number of hydrogen-bond donors (Lipinski definition) is 3. The molecule has 4 N–H and O–H groups in total. The maximum atomic E-state index is 12.8. The highest BCUT2D eigenvalue weighted by Crippen LogP contribution is 2.29. The van der Waals surface area contributed by atoms with Crippen LogP contribution in [0, 0.1) is 0 Å². The van der Waals surface area contributed by atoms with E-state index in [9.17, 15) is 4.79 Å². The van der Waals surface area contributed by atoms with Gasteiger partial charge < -0.3 is 25.3 Å². The molecule has 182 valence electrons. The summed E-state index contributed by atoms with van der Waals surface area (Å²) in [5, 5.41) is 0.815. The van der Waals surface area contributed by atoms with Crippen molar-refractivity contribution in [2.24, 2.45) is 0 Å². The highest BCUT2D eigenvalue weighted by atomic mass is 16.5. The summed E-state index contributed by atoms with van der Waals surface area (Å²) in [7, 11) is 0. The van der Waals surface area contributed by atoms with Crippen molar-refractivity contribution in [1.29, 1.82) is 0 Å². The van der Waals surface area contributed by atoms with Crippen molar-refractivity contribution in [3.8, 4) is 11.4 Å². The van der Waals surface area contributed by atoms with Crippen molar-refractivity contribution in [2.75, 3.05) is 76.2 Å². The van der Waals surface area contributed by atoms with Gasteiger partial charge in [0.1, 0.15) is 11.4 Å². The second kappa shape index (κ2) is 9.33. The number of imidazole rings is 1. The molecule has 0 radical (unpaired) electrons. The molecular formula is C26H31N7O2. The fourth-order valence-electron chi connectivity index (χ4n) is 5.15. The molecule has 0 atom stereocenters. The van der Waals surface area contributed by atoms with Gasteiger partial charge in [0.25, 0.3) is 5.56 Å². The molecule has 0 unspecified atom stereocenters. The molecule has 2 aromatic heterocycles. The van der Waals surface area contributed by atoms with Crippen molar-refractivity contribution in [3.63, 3.8) is 0 Å². The number of para-hydroxylation sites is 1. The van der Waals surface area contributed by atoms with Crippen LogP contribution >= 0.6 is 0 Å². The van der Waals surface area contributed by atoms with Crippen LogP contribution in [-0.2, 0) is 4.74 Å². The number of aromatic amines is 2. The number of anilines is 2. The molecule has 2 aliphatic heterocycles. The fraction of sp³-hybridized carbons (Fsp3) is 0.385. The van der Waals surface area contributed by atoms with Gasteiger partial charge in [-0.15, -0.1) is 0 Å². The minimum atomic E-state index is -0.242. The quantitative estimate of drug-likeness (QED) is 0.408. The number of nitrogen functional groups attached to an aromatic ring is 1. The minimum absolute atomic E-state index is 0.242. The molecule has 6 rings (SSSR count). The van der Waals surface area contributed by atoms with Crippen LogP contribution in [0.4, 0.5) is 11.4 Å². The third-order valence-corrected chi connectivity index (χ3v) is 7.24. The van der Waals surface area contributed by atoms with Crippen LogP contribution in [-0.4, -0.2) is 90.3 Å². The zero-order chi connectivity index (χ0) is 23.8. The Morgan fingerprint density at radius 3 is 2.43 bits per heavy atom. The summed E-state index contributed by atoms with van der Waals surface area (Å²) in [6.07, 6.45) is 0. The van der Waals surface area contributed by atoms with E-state index in [2.05, 4.69) is 41.8 Å². The number of morpholine rings is 1. The van der Waals surface area contributed by atoms with Crippen LogP contribution < -0.4 is 16.2 Å². The molecule has 9 heteroatoms. The average molecular weight is 474 g/mol. The van der Waals surface area contributed by atoms with Crippen molar-refractivity contribution >= 4 is 33.3 Å². The largest absolute Gasteiger partial charge is 0.397 e. The smallest absolute Gasteiger partial charge is 0.261 e. The molecule has 4 heterocycles. The Hall–Kier alpha value is -3.40. The predicted molar refractivity (Wildman–Crippen MR) is 140 cm³/mol. The van der Waals surface area contributed by atoms with Crippen LogP contribution in [0.3, 0.4) is 0 Å². The maximum Gasteiger partial charge on any atom is 0.261 e. The molecule has 2 fully saturated rings. The molecule has 0 saturated carbocycles. The Kier molecular flexibility index (Phi) is 5.89. The Morgan fingerprint density at radius 2 is 1.63 bits per heavy atom. The zero-order valence-electron chi connectivity index (χ0n) is 19.8. The SMILES string of the molecule is Nc1c(-c2nc3ccc(N4CCN(CCN5CCOCC5)CC4)cc3[nH]2)c(=O)[nH]c2ccccc12. The monoisotopic (exact) mass is 473 g/mol. The maximum absolute atomic E-state index is 12.8. The number of hydrogen-bond acceptors (Lipinski definition) is 7. The van der Waals surface area contributed by atoms with Crippen LogP contribution in [0.15, 0.2) is 47.3 Å². The van der Waals surface area contributed by atoms with Crippen LogP contribution in [0.1, 0.15) is 0 Å². The average Bonchev–Trinajstić information content (AvgIpc) is 3.31. The molecule has 0 bridgehead atoms. The van der Waals surface area contributed by atoms with E-state index >= 15 is 0 Å². The number of rotatable bonds is 5. The summed E-state index contributed by atoms with van der Waals surface area (Å²) in [4.78, 5) is 31.2. The molecule has 0 spiro atoms. The first-order valence-corrected chi connectivity index (χ1v) is 12.3. The number of nitrogens with zero attached hydrogens (tertiary/aromatic N) is 4. The number of nitrogens with two attached hydrogens (primary N) is 1. The number of nitrogens with one attached hydrogen (secondary N) is 2. The number of fused-ring (bicyclic) bond motifs is 2. The lowest BCUT2D eigenvalue weighted by Crippen LogP contribution is -2.49. The molecule has 9 nitrogen and oxygen atoms in total. The third-order valence-electron chi connectivity index (χ3n) is 7.24. The standard InChI is InChI=1S/C26H31N7O2/c27-24-19-3-1-2-4-20(19)30-26(34)23(24)25-28-21-6-5-18(17-22(21)29-25)33-11-9-31(10-12-33)7-8-32-13-15-35-16-14-32/h1-6,17H,7-16H2,(H,28,29)(H3,27,30,34). The number of pyridine rings is 1. The zero-order valence-corrected chi connectivity index (χ0v) is 19.8. The molecule has 2 saturated heterocycles. The summed E-state index contributed by atoms with van der Waals surface area (Å²) in [6.45, 7) is 10.1. The van der Waals surface area contributed by atoms with E-state index in [1.807, 2.05) is 30.3 Å². The van der Waals surface area contributed by atoms with E-state index in [4.69, 9.17) is 10.5 Å². The van der Waals surface area contributed by atoms with Gasteiger partial charge >= 0.3 is 0 Å². The van der Waals surface area contributed by atoms with Gasteiger partial charge in [-0.2, -0.15) is 0 Å². The van der Waals surface area contributed by atoms with Gasteiger partial charge in [0.05, 0.1) is 35.5 Å². The van der Waals surface area contributed by atoms with Gasteiger partial charge in [0.15, 0.2) is 0 Å². The van der Waals surface area contributed by atoms with Crippen LogP contribution in [0.25, 0.3) is 33.3 Å². The Balaban J connectivity index is 1.17. The number of piperazine rings is 1. The topological polar surface area (TPSA) is 107 Å². The first-order chi connectivity index (χ1) is 17.2. The van der Waals surface area contributed by atoms with Gasteiger partial charge in [-0.25, -0.2) is 4.98 Å². The highest BCUT2D eigenvalue weighted by molar-refractivity contribution is 5.97. The van der Waals surface area contributed by atoms with Gasteiger partial charge in [-0.05, 0) is 24.3 Å².